The second kappa shape index (κ2) is 4.82. The van der Waals surface area contributed by atoms with Crippen LogP contribution in [0.1, 0.15) is 25.7 Å². The fraction of sp³-hybridized carbons (Fsp3) is 0.875. The number of carbonyl (C=O) groups excluding carboxylic acids is 1. The molecule has 0 radical (unpaired) electrons. The smallest absolute Gasteiger partial charge is 0.316 e. The van der Waals surface area contributed by atoms with Crippen LogP contribution in [-0.2, 0) is 9.53 Å². The number of esters is 1. The second-order valence-electron chi connectivity index (χ2n) is 3.01. The van der Waals surface area contributed by atoms with Crippen LogP contribution in [0, 0.1) is 0 Å². The molecular weight excluding hydrogens is 224 g/mol. The van der Waals surface area contributed by atoms with Gasteiger partial charge in [-0.25, -0.2) is 0 Å². The molecule has 0 heterocycles. The molecule has 1 saturated carbocycles. The summed E-state index contributed by atoms with van der Waals surface area (Å²) in [4.78, 5) is 10.8. The van der Waals surface area contributed by atoms with E-state index in [-0.39, 0.29) is 17.4 Å². The van der Waals surface area contributed by atoms with Gasteiger partial charge in [-0.3, -0.25) is 4.79 Å². The lowest BCUT2D eigenvalue weighted by Gasteiger charge is -2.26. The molecule has 2 atom stereocenters. The summed E-state index contributed by atoms with van der Waals surface area (Å²) in [6.45, 7) is 0. The van der Waals surface area contributed by atoms with Gasteiger partial charge in [0, 0.05) is 0 Å². The largest absolute Gasteiger partial charge is 0.459 e. The van der Waals surface area contributed by atoms with Crippen LogP contribution in [0.25, 0.3) is 0 Å². The van der Waals surface area contributed by atoms with Crippen molar-refractivity contribution in [1.29, 1.82) is 0 Å². The van der Waals surface area contributed by atoms with Gasteiger partial charge < -0.3 is 9.84 Å². The van der Waals surface area contributed by atoms with Crippen molar-refractivity contribution >= 4 is 21.9 Å². The predicted molar refractivity (Wildman–Crippen MR) is 48.1 cm³/mol. The molecule has 0 bridgehead atoms. The van der Waals surface area contributed by atoms with E-state index in [0.29, 0.717) is 0 Å². The summed E-state index contributed by atoms with van der Waals surface area (Å²) in [5.41, 5.74) is 0. The summed E-state index contributed by atoms with van der Waals surface area (Å²) in [5, 5.41) is 9.63. The maximum absolute atomic E-state index is 10.8. The minimum Gasteiger partial charge on any atom is -0.459 e. The van der Waals surface area contributed by atoms with E-state index in [2.05, 4.69) is 15.9 Å². The number of alkyl halides is 1. The molecule has 0 aromatic rings. The molecule has 1 aliphatic carbocycles. The minimum absolute atomic E-state index is 0.205. The summed E-state index contributed by atoms with van der Waals surface area (Å²) in [5.74, 6) is -0.291. The van der Waals surface area contributed by atoms with Crippen molar-refractivity contribution in [2.75, 3.05) is 5.33 Å². The van der Waals surface area contributed by atoms with Crippen molar-refractivity contribution in [2.45, 2.75) is 37.9 Å². The molecule has 0 unspecified atom stereocenters. The Balaban J connectivity index is 2.33. The van der Waals surface area contributed by atoms with E-state index in [1.54, 1.807) is 0 Å². The highest BCUT2D eigenvalue weighted by atomic mass is 79.9. The van der Waals surface area contributed by atoms with E-state index in [0.717, 1.165) is 25.7 Å². The molecule has 4 heteroatoms. The Bertz CT molecular complexity index is 160. The Labute approximate surface area is 80.2 Å². The monoisotopic (exact) mass is 236 g/mol. The van der Waals surface area contributed by atoms with Crippen LogP contribution in [0.5, 0.6) is 0 Å². The number of halogens is 1. The zero-order valence-corrected chi connectivity index (χ0v) is 8.42. The van der Waals surface area contributed by atoms with Gasteiger partial charge in [0.15, 0.2) is 0 Å². The zero-order valence-electron chi connectivity index (χ0n) is 6.83. The molecule has 0 saturated heterocycles. The van der Waals surface area contributed by atoms with Gasteiger partial charge in [0.1, 0.15) is 11.4 Å². The first-order chi connectivity index (χ1) is 5.74. The second-order valence-corrected chi connectivity index (χ2v) is 3.57. The summed E-state index contributed by atoms with van der Waals surface area (Å²) in [6.07, 6.45) is 2.88. The van der Waals surface area contributed by atoms with Gasteiger partial charge in [-0.05, 0) is 19.3 Å². The number of hydrogen-bond donors (Lipinski definition) is 1. The fourth-order valence-electron chi connectivity index (χ4n) is 1.42. The molecular formula is C8H13BrO3. The third-order valence-corrected chi connectivity index (χ3v) is 2.52. The minimum atomic E-state index is -0.457. The van der Waals surface area contributed by atoms with Crippen LogP contribution in [0.15, 0.2) is 0 Å². The Morgan fingerprint density at radius 2 is 2.17 bits per heavy atom. The maximum atomic E-state index is 10.8. The van der Waals surface area contributed by atoms with E-state index in [9.17, 15) is 9.90 Å². The van der Waals surface area contributed by atoms with Crippen LogP contribution < -0.4 is 0 Å². The van der Waals surface area contributed by atoms with Crippen molar-refractivity contribution in [1.82, 2.24) is 0 Å². The Morgan fingerprint density at radius 1 is 1.50 bits per heavy atom. The molecule has 1 aliphatic rings. The van der Waals surface area contributed by atoms with Gasteiger partial charge in [-0.2, -0.15) is 0 Å². The zero-order chi connectivity index (χ0) is 8.97. The maximum Gasteiger partial charge on any atom is 0.316 e. The quantitative estimate of drug-likeness (QED) is 0.580. The highest BCUT2D eigenvalue weighted by Gasteiger charge is 2.25. The summed E-state index contributed by atoms with van der Waals surface area (Å²) in [6, 6.07) is 0. The standard InChI is InChI=1S/C8H13BrO3/c9-5-8(11)12-7-4-2-1-3-6(7)10/h6-7,10H,1-5H2/t6-,7+/m0/s1. The molecule has 0 amide bonds. The topological polar surface area (TPSA) is 46.5 Å². The highest BCUT2D eigenvalue weighted by molar-refractivity contribution is 9.09. The van der Waals surface area contributed by atoms with Crippen molar-refractivity contribution in [3.05, 3.63) is 0 Å². The summed E-state index contributed by atoms with van der Waals surface area (Å²) in [7, 11) is 0. The van der Waals surface area contributed by atoms with E-state index in [4.69, 9.17) is 4.74 Å². The van der Waals surface area contributed by atoms with Gasteiger partial charge in [-0.15, -0.1) is 0 Å². The normalized spacial score (nSPS) is 29.8. The van der Waals surface area contributed by atoms with Gasteiger partial charge in [0.2, 0.25) is 0 Å². The Kier molecular flexibility index (Phi) is 4.01. The molecule has 0 aromatic heterocycles. The van der Waals surface area contributed by atoms with Gasteiger partial charge in [0.25, 0.3) is 0 Å². The van der Waals surface area contributed by atoms with Crippen LogP contribution in [-0.4, -0.2) is 28.6 Å². The first kappa shape index (κ1) is 9.99. The van der Waals surface area contributed by atoms with Crippen LogP contribution in [0.2, 0.25) is 0 Å². The number of ether oxygens (including phenoxy) is 1. The average molecular weight is 237 g/mol. The lowest BCUT2D eigenvalue weighted by molar-refractivity contribution is -0.154. The number of aliphatic hydroxyl groups is 1. The van der Waals surface area contributed by atoms with Crippen molar-refractivity contribution in [3.63, 3.8) is 0 Å². The molecule has 0 aromatic carbocycles. The Hall–Kier alpha value is -0.0900. The first-order valence-electron chi connectivity index (χ1n) is 4.17. The molecule has 0 spiro atoms. The highest BCUT2D eigenvalue weighted by Crippen LogP contribution is 2.21. The molecule has 3 nitrogen and oxygen atoms in total. The predicted octanol–water partition coefficient (Wildman–Crippen LogP) is 1.23. The molecule has 1 N–H and O–H groups in total. The number of aliphatic hydroxyl groups excluding tert-OH is 1. The Morgan fingerprint density at radius 3 is 2.75 bits per heavy atom. The number of carbonyl (C=O) groups is 1. The molecule has 12 heavy (non-hydrogen) atoms. The molecule has 1 fully saturated rings. The lowest BCUT2D eigenvalue weighted by atomic mass is 9.95. The number of hydrogen-bond acceptors (Lipinski definition) is 3. The van der Waals surface area contributed by atoms with E-state index in [1.165, 1.54) is 0 Å². The third-order valence-electron chi connectivity index (χ3n) is 2.06. The van der Waals surface area contributed by atoms with Gasteiger partial charge >= 0.3 is 5.97 Å². The van der Waals surface area contributed by atoms with Crippen molar-refractivity contribution in [3.8, 4) is 0 Å². The van der Waals surface area contributed by atoms with Crippen LogP contribution in [0.3, 0.4) is 0 Å². The van der Waals surface area contributed by atoms with Crippen LogP contribution in [0.4, 0.5) is 0 Å². The van der Waals surface area contributed by atoms with E-state index >= 15 is 0 Å². The molecule has 70 valence electrons. The molecule has 1 rings (SSSR count). The summed E-state index contributed by atoms with van der Waals surface area (Å²) >= 11 is 3.01. The van der Waals surface area contributed by atoms with Gasteiger partial charge in [0.05, 0.1) is 6.10 Å². The fourth-order valence-corrected chi connectivity index (χ4v) is 1.55. The van der Waals surface area contributed by atoms with Crippen molar-refractivity contribution < 1.29 is 14.6 Å². The summed E-state index contributed by atoms with van der Waals surface area (Å²) < 4.78 is 5.02. The average Bonchev–Trinajstić information content (AvgIpc) is 2.09. The van der Waals surface area contributed by atoms with Gasteiger partial charge in [-0.1, -0.05) is 22.4 Å². The number of rotatable bonds is 2. The third kappa shape index (κ3) is 2.75. The van der Waals surface area contributed by atoms with E-state index < -0.39 is 6.10 Å². The first-order valence-corrected chi connectivity index (χ1v) is 5.29. The van der Waals surface area contributed by atoms with E-state index in [1.807, 2.05) is 0 Å². The molecule has 0 aliphatic heterocycles. The SMILES string of the molecule is O=C(CBr)O[C@@H]1CCCC[C@@H]1O. The van der Waals surface area contributed by atoms with Crippen LogP contribution >= 0.6 is 15.9 Å². The lowest BCUT2D eigenvalue weighted by Crippen LogP contribution is -2.34. The van der Waals surface area contributed by atoms with Crippen molar-refractivity contribution in [2.24, 2.45) is 0 Å².